The van der Waals surface area contributed by atoms with Gasteiger partial charge in [0.05, 0.1) is 0 Å². The summed E-state index contributed by atoms with van der Waals surface area (Å²) in [5.41, 5.74) is 1.08. The number of pyridine rings is 1. The van der Waals surface area contributed by atoms with Crippen LogP contribution >= 0.6 is 0 Å². The molecule has 1 heterocycles. The van der Waals surface area contributed by atoms with Crippen molar-refractivity contribution in [1.82, 2.24) is 4.98 Å². The van der Waals surface area contributed by atoms with Gasteiger partial charge in [-0.05, 0) is 18.2 Å². The molecule has 82 valence electrons. The maximum Gasteiger partial charge on any atom is 0.114 e. The van der Waals surface area contributed by atoms with Gasteiger partial charge in [-0.2, -0.15) is 0 Å². The van der Waals surface area contributed by atoms with Crippen molar-refractivity contribution in [3.63, 3.8) is 0 Å². The molecule has 2 aromatic rings. The highest BCUT2D eigenvalue weighted by molar-refractivity contribution is 7.00. The summed E-state index contributed by atoms with van der Waals surface area (Å²) in [5.74, 6) is 0. The number of hydrogen-bond donors (Lipinski definition) is 0. The minimum Gasteiger partial charge on any atom is -0.262 e. The van der Waals surface area contributed by atoms with Crippen molar-refractivity contribution in [3.05, 3.63) is 54.4 Å². The van der Waals surface area contributed by atoms with Crippen molar-refractivity contribution in [2.45, 2.75) is 20.0 Å². The molecule has 1 aromatic carbocycles. The van der Waals surface area contributed by atoms with Gasteiger partial charge in [-0.15, -0.1) is 0 Å². The van der Waals surface area contributed by atoms with E-state index in [1.807, 2.05) is 13.1 Å². The molecule has 0 atom stereocenters. The van der Waals surface area contributed by atoms with Crippen LogP contribution in [0.3, 0.4) is 0 Å². The van der Waals surface area contributed by atoms with Crippen LogP contribution in [-0.2, 0) is 0 Å². The molecule has 0 aliphatic heterocycles. The molecule has 0 radical (unpaired) electrons. The summed E-state index contributed by atoms with van der Waals surface area (Å²) in [5, 5.41) is 2.85. The topological polar surface area (TPSA) is 12.9 Å². The van der Waals surface area contributed by atoms with E-state index in [1.165, 1.54) is 10.4 Å². The van der Waals surface area contributed by atoms with Crippen molar-refractivity contribution in [1.29, 1.82) is 0 Å². The molecule has 1 aromatic heterocycles. The first kappa shape index (κ1) is 11.1. The molecular formula is C14H17NSi. The van der Waals surface area contributed by atoms with Gasteiger partial charge in [0.25, 0.3) is 0 Å². The van der Waals surface area contributed by atoms with Crippen LogP contribution in [-0.4, -0.2) is 13.1 Å². The summed E-state index contributed by atoms with van der Waals surface area (Å²) in [7, 11) is -1.54. The van der Waals surface area contributed by atoms with Crippen LogP contribution in [0.1, 0.15) is 5.69 Å². The zero-order valence-electron chi connectivity index (χ0n) is 10.1. The average molecular weight is 227 g/mol. The molecule has 0 saturated heterocycles. The van der Waals surface area contributed by atoms with Crippen molar-refractivity contribution >= 4 is 18.4 Å². The van der Waals surface area contributed by atoms with Gasteiger partial charge >= 0.3 is 0 Å². The Morgan fingerprint density at radius 1 is 0.875 bits per heavy atom. The zero-order valence-corrected chi connectivity index (χ0v) is 11.1. The molecule has 16 heavy (non-hydrogen) atoms. The minimum atomic E-state index is -1.54. The van der Waals surface area contributed by atoms with Crippen LogP contribution in [0.4, 0.5) is 0 Å². The van der Waals surface area contributed by atoms with Gasteiger partial charge < -0.3 is 0 Å². The van der Waals surface area contributed by atoms with E-state index in [9.17, 15) is 0 Å². The maximum absolute atomic E-state index is 4.41. The Morgan fingerprint density at radius 3 is 2.12 bits per heavy atom. The third-order valence-electron chi connectivity index (χ3n) is 3.13. The van der Waals surface area contributed by atoms with Crippen LogP contribution in [0, 0.1) is 6.92 Å². The second kappa shape index (κ2) is 4.22. The van der Waals surface area contributed by atoms with Crippen LogP contribution in [0.25, 0.3) is 0 Å². The van der Waals surface area contributed by atoms with Crippen molar-refractivity contribution in [3.8, 4) is 0 Å². The highest BCUT2D eigenvalue weighted by Gasteiger charge is 2.25. The molecule has 0 unspecified atom stereocenters. The molecule has 0 aliphatic rings. The Labute approximate surface area is 98.2 Å². The molecule has 2 heteroatoms. The summed E-state index contributed by atoms with van der Waals surface area (Å²) in [4.78, 5) is 4.41. The molecular weight excluding hydrogens is 210 g/mol. The quantitative estimate of drug-likeness (QED) is 0.717. The lowest BCUT2D eigenvalue weighted by Gasteiger charge is -2.23. The van der Waals surface area contributed by atoms with Crippen LogP contribution in [0.5, 0.6) is 0 Å². The predicted molar refractivity (Wildman–Crippen MR) is 72.2 cm³/mol. The van der Waals surface area contributed by atoms with Gasteiger partial charge in [-0.25, -0.2) is 0 Å². The van der Waals surface area contributed by atoms with Crippen molar-refractivity contribution < 1.29 is 0 Å². The Hall–Kier alpha value is -1.41. The molecule has 0 fully saturated rings. The monoisotopic (exact) mass is 227 g/mol. The summed E-state index contributed by atoms with van der Waals surface area (Å²) in [6.45, 7) is 6.77. The second-order valence-electron chi connectivity index (χ2n) is 4.68. The Balaban J connectivity index is 2.43. The highest BCUT2D eigenvalue weighted by atomic mass is 28.3. The molecule has 2 rings (SSSR count). The van der Waals surface area contributed by atoms with E-state index < -0.39 is 8.07 Å². The van der Waals surface area contributed by atoms with Gasteiger partial charge in [-0.3, -0.25) is 4.98 Å². The minimum absolute atomic E-state index is 1.08. The van der Waals surface area contributed by atoms with Gasteiger partial charge in [0, 0.05) is 11.9 Å². The van der Waals surface area contributed by atoms with Crippen molar-refractivity contribution in [2.75, 3.05) is 0 Å². The van der Waals surface area contributed by atoms with Gasteiger partial charge in [0.1, 0.15) is 8.07 Å². The second-order valence-corrected chi connectivity index (χ2v) is 9.08. The zero-order chi connectivity index (χ0) is 11.6. The summed E-state index contributed by atoms with van der Waals surface area (Å²) < 4.78 is 0. The summed E-state index contributed by atoms with van der Waals surface area (Å²) >= 11 is 0. The first-order valence-electron chi connectivity index (χ1n) is 5.59. The number of benzene rings is 1. The normalized spacial score (nSPS) is 11.4. The van der Waals surface area contributed by atoms with E-state index >= 15 is 0 Å². The number of nitrogens with zero attached hydrogens (tertiary/aromatic N) is 1. The van der Waals surface area contributed by atoms with E-state index in [0.29, 0.717) is 0 Å². The van der Waals surface area contributed by atoms with Gasteiger partial charge in [0.2, 0.25) is 0 Å². The van der Waals surface area contributed by atoms with E-state index in [1.54, 1.807) is 0 Å². The fourth-order valence-electron chi connectivity index (χ4n) is 1.86. The number of hydrogen-bond acceptors (Lipinski definition) is 1. The highest BCUT2D eigenvalue weighted by Crippen LogP contribution is 2.04. The van der Waals surface area contributed by atoms with E-state index in [2.05, 4.69) is 60.5 Å². The van der Waals surface area contributed by atoms with Gasteiger partial charge in [-0.1, -0.05) is 54.7 Å². The number of aromatic nitrogens is 1. The lowest BCUT2D eigenvalue weighted by atomic mass is 10.4. The first-order chi connectivity index (χ1) is 7.60. The average Bonchev–Trinajstić information content (AvgIpc) is 2.31. The molecule has 0 amide bonds. The molecule has 0 saturated carbocycles. The Kier molecular flexibility index (Phi) is 2.92. The standard InChI is InChI=1S/C14H17NSi/c1-12-9-10-14(11-15-12)16(2,3)13-7-5-4-6-8-13/h4-11H,1-3H3. The van der Waals surface area contributed by atoms with Crippen LogP contribution < -0.4 is 10.4 Å². The van der Waals surface area contributed by atoms with Crippen molar-refractivity contribution in [2.24, 2.45) is 0 Å². The predicted octanol–water partition coefficient (Wildman–Crippen LogP) is 2.21. The summed E-state index contributed by atoms with van der Waals surface area (Å²) in [6.07, 6.45) is 2.04. The fraction of sp³-hybridized carbons (Fsp3) is 0.214. The lowest BCUT2D eigenvalue weighted by molar-refractivity contribution is 1.21. The van der Waals surface area contributed by atoms with E-state index in [-0.39, 0.29) is 0 Å². The fourth-order valence-corrected chi connectivity index (χ4v) is 4.11. The number of rotatable bonds is 2. The Bertz CT molecular complexity index is 460. The number of aryl methyl sites for hydroxylation is 1. The molecule has 0 N–H and O–H groups in total. The molecule has 0 bridgehead atoms. The molecule has 1 nitrogen and oxygen atoms in total. The van der Waals surface area contributed by atoms with E-state index in [4.69, 9.17) is 0 Å². The van der Waals surface area contributed by atoms with Crippen LogP contribution in [0.15, 0.2) is 48.7 Å². The largest absolute Gasteiger partial charge is 0.262 e. The molecule has 0 spiro atoms. The third kappa shape index (κ3) is 2.07. The molecule has 0 aliphatic carbocycles. The lowest BCUT2D eigenvalue weighted by Crippen LogP contribution is -2.52. The maximum atomic E-state index is 4.41. The smallest absolute Gasteiger partial charge is 0.114 e. The first-order valence-corrected chi connectivity index (χ1v) is 8.59. The SMILES string of the molecule is Cc1ccc([Si](C)(C)c2ccccc2)cn1. The van der Waals surface area contributed by atoms with E-state index in [0.717, 1.165) is 5.69 Å². The third-order valence-corrected chi connectivity index (χ3v) is 6.64. The van der Waals surface area contributed by atoms with Gasteiger partial charge in [0.15, 0.2) is 0 Å². The summed E-state index contributed by atoms with van der Waals surface area (Å²) in [6, 6.07) is 15.1. The van der Waals surface area contributed by atoms with Crippen LogP contribution in [0.2, 0.25) is 13.1 Å². The Morgan fingerprint density at radius 2 is 1.56 bits per heavy atom.